The fourth-order valence-electron chi connectivity index (χ4n) is 3.08. The van der Waals surface area contributed by atoms with Crippen molar-refractivity contribution in [2.75, 3.05) is 6.54 Å². The molecule has 0 radical (unpaired) electrons. The van der Waals surface area contributed by atoms with E-state index >= 15 is 0 Å². The van der Waals surface area contributed by atoms with Crippen LogP contribution in [0.3, 0.4) is 0 Å². The first kappa shape index (κ1) is 12.7. The highest BCUT2D eigenvalue weighted by molar-refractivity contribution is 5.25. The molecule has 1 fully saturated rings. The lowest BCUT2D eigenvalue weighted by molar-refractivity contribution is 0.362. The summed E-state index contributed by atoms with van der Waals surface area (Å²) in [5.41, 5.74) is 1.39. The van der Waals surface area contributed by atoms with Crippen LogP contribution in [0.2, 0.25) is 0 Å². The molecular formula is C15H25NO. The molecular weight excluding hydrogens is 210 g/mol. The van der Waals surface area contributed by atoms with Gasteiger partial charge in [-0.15, -0.1) is 0 Å². The Morgan fingerprint density at radius 3 is 2.59 bits per heavy atom. The van der Waals surface area contributed by atoms with Gasteiger partial charge in [0.05, 0.1) is 0 Å². The van der Waals surface area contributed by atoms with Crippen LogP contribution in [-0.4, -0.2) is 6.54 Å². The van der Waals surface area contributed by atoms with Gasteiger partial charge in [0.2, 0.25) is 0 Å². The van der Waals surface area contributed by atoms with Crippen molar-refractivity contribution in [3.8, 4) is 0 Å². The number of nitrogens with one attached hydrogen (secondary N) is 1. The summed E-state index contributed by atoms with van der Waals surface area (Å²) in [6.45, 7) is 7.47. The van der Waals surface area contributed by atoms with Crippen molar-refractivity contribution < 1.29 is 4.42 Å². The Labute approximate surface area is 105 Å². The van der Waals surface area contributed by atoms with E-state index in [1.54, 1.807) is 0 Å². The molecule has 96 valence electrons. The van der Waals surface area contributed by atoms with Gasteiger partial charge in [0.15, 0.2) is 0 Å². The molecule has 1 aliphatic carbocycles. The topological polar surface area (TPSA) is 25.2 Å². The smallest absolute Gasteiger partial charge is 0.105 e. The molecule has 1 aromatic heterocycles. The maximum atomic E-state index is 5.70. The molecule has 1 atom stereocenters. The molecule has 0 aromatic carbocycles. The van der Waals surface area contributed by atoms with Gasteiger partial charge in [0.1, 0.15) is 11.5 Å². The van der Waals surface area contributed by atoms with Crippen LogP contribution in [0.4, 0.5) is 0 Å². The van der Waals surface area contributed by atoms with E-state index in [0.717, 1.165) is 24.0 Å². The number of hydrogen-bond donors (Lipinski definition) is 1. The largest absolute Gasteiger partial charge is 0.466 e. The fourth-order valence-corrected chi connectivity index (χ4v) is 3.08. The summed E-state index contributed by atoms with van der Waals surface area (Å²) in [6.07, 6.45) is 6.71. The standard InChI is InChI=1S/C15H25NO/c1-4-9-16-15(13-7-5-6-8-13)14-10-11(2)17-12(14)3/h10,13,15-16H,4-9H2,1-3H3. The lowest BCUT2D eigenvalue weighted by Gasteiger charge is -2.24. The predicted molar refractivity (Wildman–Crippen MR) is 71.2 cm³/mol. The Kier molecular flexibility index (Phi) is 4.27. The van der Waals surface area contributed by atoms with E-state index in [1.165, 1.54) is 37.7 Å². The molecule has 17 heavy (non-hydrogen) atoms. The van der Waals surface area contributed by atoms with Gasteiger partial charge in [0, 0.05) is 11.6 Å². The lowest BCUT2D eigenvalue weighted by Crippen LogP contribution is -2.28. The average molecular weight is 235 g/mol. The van der Waals surface area contributed by atoms with E-state index < -0.39 is 0 Å². The zero-order chi connectivity index (χ0) is 12.3. The van der Waals surface area contributed by atoms with Gasteiger partial charge >= 0.3 is 0 Å². The van der Waals surface area contributed by atoms with E-state index in [2.05, 4.69) is 25.2 Å². The summed E-state index contributed by atoms with van der Waals surface area (Å²) in [5, 5.41) is 3.72. The minimum Gasteiger partial charge on any atom is -0.466 e. The number of hydrogen-bond acceptors (Lipinski definition) is 2. The monoisotopic (exact) mass is 235 g/mol. The first-order valence-corrected chi connectivity index (χ1v) is 7.02. The highest BCUT2D eigenvalue weighted by Crippen LogP contribution is 2.37. The second-order valence-corrected chi connectivity index (χ2v) is 5.34. The third-order valence-corrected chi connectivity index (χ3v) is 3.90. The van der Waals surface area contributed by atoms with Crippen LogP contribution in [0.5, 0.6) is 0 Å². The van der Waals surface area contributed by atoms with Crippen molar-refractivity contribution in [3.05, 3.63) is 23.2 Å². The van der Waals surface area contributed by atoms with E-state index in [1.807, 2.05) is 6.92 Å². The highest BCUT2D eigenvalue weighted by atomic mass is 16.3. The van der Waals surface area contributed by atoms with Crippen LogP contribution >= 0.6 is 0 Å². The van der Waals surface area contributed by atoms with Gasteiger partial charge in [0.25, 0.3) is 0 Å². The quantitative estimate of drug-likeness (QED) is 0.830. The molecule has 2 heteroatoms. The molecule has 1 heterocycles. The highest BCUT2D eigenvalue weighted by Gasteiger charge is 2.28. The average Bonchev–Trinajstić information content (AvgIpc) is 2.90. The first-order chi connectivity index (χ1) is 8.22. The third kappa shape index (κ3) is 2.92. The molecule has 0 spiro atoms. The Morgan fingerprint density at radius 2 is 2.06 bits per heavy atom. The summed E-state index contributed by atoms with van der Waals surface area (Å²) in [6, 6.07) is 2.73. The molecule has 1 saturated carbocycles. The summed E-state index contributed by atoms with van der Waals surface area (Å²) >= 11 is 0. The molecule has 2 rings (SSSR count). The maximum absolute atomic E-state index is 5.70. The number of furan rings is 1. The molecule has 0 aliphatic heterocycles. The minimum absolute atomic E-state index is 0.509. The SMILES string of the molecule is CCCNC(c1cc(C)oc1C)C1CCCC1. The van der Waals surface area contributed by atoms with Gasteiger partial charge in [-0.25, -0.2) is 0 Å². The van der Waals surface area contributed by atoms with Crippen LogP contribution in [0.1, 0.15) is 62.2 Å². The molecule has 1 N–H and O–H groups in total. The summed E-state index contributed by atoms with van der Waals surface area (Å²) < 4.78 is 5.70. The molecule has 0 amide bonds. The third-order valence-electron chi connectivity index (χ3n) is 3.90. The zero-order valence-electron chi connectivity index (χ0n) is 11.4. The Balaban J connectivity index is 2.16. The number of rotatable bonds is 5. The van der Waals surface area contributed by atoms with Crippen molar-refractivity contribution in [2.45, 2.75) is 58.9 Å². The van der Waals surface area contributed by atoms with Crippen LogP contribution in [0.25, 0.3) is 0 Å². The van der Waals surface area contributed by atoms with Gasteiger partial charge in [-0.05, 0) is 51.6 Å². The summed E-state index contributed by atoms with van der Waals surface area (Å²) in [4.78, 5) is 0. The van der Waals surface area contributed by atoms with E-state index in [0.29, 0.717) is 6.04 Å². The molecule has 1 unspecified atom stereocenters. The molecule has 1 aromatic rings. The summed E-state index contributed by atoms with van der Waals surface area (Å²) in [7, 11) is 0. The Bertz CT molecular complexity index is 350. The lowest BCUT2D eigenvalue weighted by atomic mass is 9.91. The van der Waals surface area contributed by atoms with Crippen LogP contribution in [0, 0.1) is 19.8 Å². The maximum Gasteiger partial charge on any atom is 0.105 e. The molecule has 2 nitrogen and oxygen atoms in total. The van der Waals surface area contributed by atoms with E-state index in [4.69, 9.17) is 4.42 Å². The van der Waals surface area contributed by atoms with Gasteiger partial charge in [-0.3, -0.25) is 0 Å². The van der Waals surface area contributed by atoms with Crippen molar-refractivity contribution in [3.63, 3.8) is 0 Å². The minimum atomic E-state index is 0.509. The molecule has 0 bridgehead atoms. The van der Waals surface area contributed by atoms with Crippen LogP contribution in [0.15, 0.2) is 10.5 Å². The zero-order valence-corrected chi connectivity index (χ0v) is 11.4. The fraction of sp³-hybridized carbons (Fsp3) is 0.733. The van der Waals surface area contributed by atoms with E-state index in [-0.39, 0.29) is 0 Å². The first-order valence-electron chi connectivity index (χ1n) is 7.02. The molecule has 0 saturated heterocycles. The normalized spacial score (nSPS) is 18.8. The van der Waals surface area contributed by atoms with Gasteiger partial charge in [-0.2, -0.15) is 0 Å². The second-order valence-electron chi connectivity index (χ2n) is 5.34. The van der Waals surface area contributed by atoms with Crippen molar-refractivity contribution in [1.29, 1.82) is 0 Å². The van der Waals surface area contributed by atoms with Crippen molar-refractivity contribution in [2.24, 2.45) is 5.92 Å². The predicted octanol–water partition coefficient (Wildman–Crippen LogP) is 4.13. The number of aryl methyl sites for hydroxylation is 2. The second kappa shape index (κ2) is 5.72. The Morgan fingerprint density at radius 1 is 1.35 bits per heavy atom. The summed E-state index contributed by atoms with van der Waals surface area (Å²) in [5.74, 6) is 2.94. The van der Waals surface area contributed by atoms with Crippen molar-refractivity contribution >= 4 is 0 Å². The van der Waals surface area contributed by atoms with Gasteiger partial charge < -0.3 is 9.73 Å². The Hall–Kier alpha value is -0.760. The van der Waals surface area contributed by atoms with Gasteiger partial charge in [-0.1, -0.05) is 19.8 Å². The van der Waals surface area contributed by atoms with E-state index in [9.17, 15) is 0 Å². The van der Waals surface area contributed by atoms with Crippen LogP contribution in [-0.2, 0) is 0 Å². The van der Waals surface area contributed by atoms with Crippen LogP contribution < -0.4 is 5.32 Å². The molecule has 1 aliphatic rings. The van der Waals surface area contributed by atoms with Crippen molar-refractivity contribution in [1.82, 2.24) is 5.32 Å².